The zero-order valence-electron chi connectivity index (χ0n) is 38.4. The molecule has 1 rings (SSSR count). The first-order valence-electron chi connectivity index (χ1n) is 24.3. The summed E-state index contributed by atoms with van der Waals surface area (Å²) in [5.74, 6) is -1.11. The van der Waals surface area contributed by atoms with Crippen LogP contribution in [0.15, 0.2) is 36.5 Å². The van der Waals surface area contributed by atoms with E-state index < -0.39 is 75.7 Å². The minimum atomic E-state index is -5.12. The number of aliphatic hydroxyl groups is 5. The van der Waals surface area contributed by atoms with Crippen LogP contribution in [0.5, 0.6) is 0 Å². The van der Waals surface area contributed by atoms with E-state index >= 15 is 0 Å². The van der Waals surface area contributed by atoms with E-state index in [1.54, 1.807) is 0 Å². The lowest BCUT2D eigenvalue weighted by Crippen LogP contribution is -2.64. The monoisotopic (exact) mass is 903 g/mol. The third kappa shape index (κ3) is 30.3. The molecule has 1 fully saturated rings. The molecular formula is C48H87O13P. The minimum Gasteiger partial charge on any atom is -0.462 e. The summed E-state index contributed by atoms with van der Waals surface area (Å²) in [6.45, 7) is 3.19. The summed E-state index contributed by atoms with van der Waals surface area (Å²) in [6, 6.07) is 0. The van der Waals surface area contributed by atoms with Gasteiger partial charge in [0, 0.05) is 12.8 Å². The highest BCUT2D eigenvalue weighted by Gasteiger charge is 2.51. The third-order valence-electron chi connectivity index (χ3n) is 11.2. The van der Waals surface area contributed by atoms with Crippen molar-refractivity contribution >= 4 is 19.8 Å². The Bertz CT molecular complexity index is 1230. The van der Waals surface area contributed by atoms with E-state index in [1.807, 2.05) is 0 Å². The summed E-state index contributed by atoms with van der Waals surface area (Å²) in [4.78, 5) is 35.7. The van der Waals surface area contributed by atoms with Crippen LogP contribution < -0.4 is 0 Å². The Morgan fingerprint density at radius 2 is 0.919 bits per heavy atom. The number of unbranched alkanes of at least 4 members (excludes halogenated alkanes) is 22. The first kappa shape index (κ1) is 58.1. The van der Waals surface area contributed by atoms with Gasteiger partial charge < -0.3 is 39.9 Å². The van der Waals surface area contributed by atoms with E-state index in [-0.39, 0.29) is 12.8 Å². The number of carbonyl (C=O) groups excluding carboxylic acids is 2. The molecule has 6 N–H and O–H groups in total. The fourth-order valence-electron chi connectivity index (χ4n) is 7.36. The average Bonchev–Trinajstić information content (AvgIpc) is 3.25. The van der Waals surface area contributed by atoms with Gasteiger partial charge in [-0.15, -0.1) is 0 Å². The van der Waals surface area contributed by atoms with Gasteiger partial charge in [0.05, 0.1) is 6.61 Å². The Hall–Kier alpha value is -1.93. The van der Waals surface area contributed by atoms with Crippen LogP contribution in [-0.4, -0.2) is 98.3 Å². The number of ether oxygens (including phenoxy) is 2. The van der Waals surface area contributed by atoms with Gasteiger partial charge in [0.25, 0.3) is 0 Å². The Morgan fingerprint density at radius 1 is 0.516 bits per heavy atom. The molecule has 0 amide bonds. The first-order valence-corrected chi connectivity index (χ1v) is 25.8. The lowest BCUT2D eigenvalue weighted by Gasteiger charge is -2.41. The zero-order valence-corrected chi connectivity index (χ0v) is 39.3. The molecule has 6 unspecified atom stereocenters. The number of allylic oxidation sites excluding steroid dienone is 6. The molecular weight excluding hydrogens is 815 g/mol. The lowest BCUT2D eigenvalue weighted by atomic mass is 9.85. The van der Waals surface area contributed by atoms with Crippen LogP contribution in [0.2, 0.25) is 0 Å². The lowest BCUT2D eigenvalue weighted by molar-refractivity contribution is -0.220. The fraction of sp³-hybridized carbons (Fsp3) is 0.833. The number of phosphoric acid groups is 1. The molecule has 0 heterocycles. The Labute approximate surface area is 374 Å². The molecule has 0 bridgehead atoms. The molecule has 0 saturated heterocycles. The van der Waals surface area contributed by atoms with Gasteiger partial charge >= 0.3 is 19.8 Å². The maximum absolute atomic E-state index is 12.8. The summed E-state index contributed by atoms with van der Waals surface area (Å²) in [7, 11) is -5.12. The van der Waals surface area contributed by atoms with Gasteiger partial charge in [-0.05, 0) is 44.9 Å². The smallest absolute Gasteiger partial charge is 0.462 e. The molecule has 1 aliphatic carbocycles. The summed E-state index contributed by atoms with van der Waals surface area (Å²) in [6.07, 6.45) is 30.5. The highest BCUT2D eigenvalue weighted by Crippen LogP contribution is 2.47. The number of esters is 2. The van der Waals surface area contributed by atoms with Gasteiger partial charge in [-0.3, -0.25) is 18.6 Å². The van der Waals surface area contributed by atoms with E-state index in [1.165, 1.54) is 83.5 Å². The van der Waals surface area contributed by atoms with Crippen molar-refractivity contribution < 1.29 is 63.1 Å². The standard InChI is InChI=1S/C48H87O13P/c1-3-5-7-9-11-13-15-17-19-20-21-23-25-27-29-31-33-35-37-42(50)60-40(39-59-62(56,57)61-48-46(54)44(52)43(51)45(53)47(48)55)38-58-41(49)36-34-32-30-28-26-24-22-18-16-14-12-10-8-6-4-2/h6,8,12,14,18,22,40,43-48,51-55H,3-5,7,9-11,13,15-17,19-21,23-39H2,1-2H3,(H,56,57)/b8-6+,14-12+,22-18+/t40-,43?,44+,45?,46?,47?,48?/m1/s1. The van der Waals surface area contributed by atoms with E-state index in [9.17, 15) is 44.6 Å². The van der Waals surface area contributed by atoms with Gasteiger partial charge in [-0.1, -0.05) is 179 Å². The number of hydrogen-bond acceptors (Lipinski definition) is 12. The summed E-state index contributed by atoms with van der Waals surface area (Å²) in [5, 5.41) is 50.2. The Balaban J connectivity index is 2.43. The molecule has 0 aromatic carbocycles. The molecule has 1 aliphatic rings. The molecule has 8 atom stereocenters. The highest BCUT2D eigenvalue weighted by atomic mass is 31.2. The normalized spacial score (nSPS) is 22.1. The van der Waals surface area contributed by atoms with Crippen molar-refractivity contribution in [1.82, 2.24) is 0 Å². The van der Waals surface area contributed by atoms with Crippen LogP contribution in [0.1, 0.15) is 200 Å². The molecule has 0 aromatic heterocycles. The van der Waals surface area contributed by atoms with Crippen LogP contribution in [0.25, 0.3) is 0 Å². The Kier molecular flexibility index (Phi) is 35.9. The predicted octanol–water partition coefficient (Wildman–Crippen LogP) is 9.78. The summed E-state index contributed by atoms with van der Waals surface area (Å²) in [5.41, 5.74) is 0. The van der Waals surface area contributed by atoms with Crippen LogP contribution in [0, 0.1) is 0 Å². The van der Waals surface area contributed by atoms with Crippen molar-refractivity contribution in [2.24, 2.45) is 0 Å². The van der Waals surface area contributed by atoms with Crippen LogP contribution in [-0.2, 0) is 32.7 Å². The first-order chi connectivity index (χ1) is 29.9. The number of phosphoric ester groups is 1. The van der Waals surface area contributed by atoms with Gasteiger partial charge in [0.1, 0.15) is 43.2 Å². The maximum Gasteiger partial charge on any atom is 0.472 e. The molecule has 0 spiro atoms. The molecule has 362 valence electrons. The predicted molar refractivity (Wildman–Crippen MR) is 244 cm³/mol. The Morgan fingerprint density at radius 3 is 1.40 bits per heavy atom. The topological polar surface area (TPSA) is 210 Å². The molecule has 13 nitrogen and oxygen atoms in total. The number of rotatable bonds is 40. The van der Waals surface area contributed by atoms with Crippen molar-refractivity contribution in [2.45, 2.75) is 243 Å². The van der Waals surface area contributed by atoms with Crippen molar-refractivity contribution in [3.05, 3.63) is 36.5 Å². The average molecular weight is 903 g/mol. The molecule has 14 heteroatoms. The highest BCUT2D eigenvalue weighted by molar-refractivity contribution is 7.47. The summed E-state index contributed by atoms with van der Waals surface area (Å²) >= 11 is 0. The van der Waals surface area contributed by atoms with Crippen LogP contribution >= 0.6 is 7.82 Å². The molecule has 62 heavy (non-hydrogen) atoms. The maximum atomic E-state index is 12.8. The van der Waals surface area contributed by atoms with Gasteiger partial charge in [-0.2, -0.15) is 0 Å². The van der Waals surface area contributed by atoms with Crippen molar-refractivity contribution in [3.8, 4) is 0 Å². The largest absolute Gasteiger partial charge is 0.472 e. The van der Waals surface area contributed by atoms with Gasteiger partial charge in [0.2, 0.25) is 0 Å². The second kappa shape index (κ2) is 38.3. The van der Waals surface area contributed by atoms with E-state index in [4.69, 9.17) is 18.5 Å². The van der Waals surface area contributed by atoms with Crippen molar-refractivity contribution in [3.63, 3.8) is 0 Å². The SMILES string of the molecule is CC/C=C/C/C=C/C/C=C/CCCCCCCC(=O)OC[C@H](COP(=O)(O)OC1C(O)C(O)C(O)[C@H](O)C1O)OC(=O)CCCCCCCCCCCCCCCCCCCC. The minimum absolute atomic E-state index is 0.0960. The van der Waals surface area contributed by atoms with E-state index in [0.29, 0.717) is 12.8 Å². The fourth-order valence-corrected chi connectivity index (χ4v) is 8.33. The van der Waals surface area contributed by atoms with E-state index in [2.05, 4.69) is 50.3 Å². The zero-order chi connectivity index (χ0) is 45.7. The number of carbonyl (C=O) groups is 2. The summed E-state index contributed by atoms with van der Waals surface area (Å²) < 4.78 is 33.6. The second-order valence-electron chi connectivity index (χ2n) is 16.9. The van der Waals surface area contributed by atoms with Gasteiger partial charge in [-0.25, -0.2) is 4.57 Å². The molecule has 0 aromatic rings. The quantitative estimate of drug-likeness (QED) is 0.0147. The second-order valence-corrected chi connectivity index (χ2v) is 18.3. The number of hydrogen-bond donors (Lipinski definition) is 6. The van der Waals surface area contributed by atoms with E-state index in [0.717, 1.165) is 77.0 Å². The van der Waals surface area contributed by atoms with Crippen LogP contribution in [0.4, 0.5) is 0 Å². The van der Waals surface area contributed by atoms with Gasteiger partial charge in [0.15, 0.2) is 6.10 Å². The van der Waals surface area contributed by atoms with Crippen LogP contribution in [0.3, 0.4) is 0 Å². The third-order valence-corrected chi connectivity index (χ3v) is 12.2. The van der Waals surface area contributed by atoms with Crippen molar-refractivity contribution in [1.29, 1.82) is 0 Å². The molecule has 1 saturated carbocycles. The molecule has 0 radical (unpaired) electrons. The van der Waals surface area contributed by atoms with Crippen molar-refractivity contribution in [2.75, 3.05) is 13.2 Å². The molecule has 0 aliphatic heterocycles. The number of aliphatic hydroxyl groups excluding tert-OH is 5.